The first-order valence-corrected chi connectivity index (χ1v) is 13.5. The molecule has 3 aromatic carbocycles. The van der Waals surface area contributed by atoms with Crippen LogP contribution in [0.4, 0.5) is 0 Å². The van der Waals surface area contributed by atoms with Crippen LogP contribution in [0.2, 0.25) is 5.02 Å². The van der Waals surface area contributed by atoms with Gasteiger partial charge < -0.3 is 14.6 Å². The molecule has 1 aromatic heterocycles. The standard InChI is InChI=1S/C33H30ClNO5/c1-33(2,3)22-11-7-20(8-12-22)28-6-4-5-23(35-28)17-29(36)21-9-13-24(14-10-21)40-31-19-30-26(18-27(31)34)25(32(37)38)15-16-39-30/h4-14,18-19,25H,15-17H2,1-3H3,(H,37,38). The van der Waals surface area contributed by atoms with Crippen LogP contribution < -0.4 is 9.47 Å². The summed E-state index contributed by atoms with van der Waals surface area (Å²) in [5.41, 5.74) is 4.94. The number of aromatic nitrogens is 1. The molecule has 7 heteroatoms. The highest BCUT2D eigenvalue weighted by atomic mass is 35.5. The Balaban J connectivity index is 1.27. The smallest absolute Gasteiger partial charge is 0.311 e. The molecule has 0 aliphatic carbocycles. The first-order chi connectivity index (χ1) is 19.1. The number of rotatable bonds is 7. The number of nitrogens with zero attached hydrogens (tertiary/aromatic N) is 1. The Bertz CT molecular complexity index is 1560. The number of carbonyl (C=O) groups excluding carboxylic acids is 1. The van der Waals surface area contributed by atoms with Gasteiger partial charge in [-0.1, -0.05) is 62.7 Å². The molecule has 0 amide bonds. The number of carbonyl (C=O) groups is 2. The maximum Gasteiger partial charge on any atom is 0.311 e. The van der Waals surface area contributed by atoms with Gasteiger partial charge in [-0.3, -0.25) is 14.6 Å². The third-order valence-corrected chi connectivity index (χ3v) is 7.30. The Hall–Kier alpha value is -4.16. The molecule has 0 radical (unpaired) electrons. The summed E-state index contributed by atoms with van der Waals surface area (Å²) in [5, 5.41) is 9.77. The Labute approximate surface area is 238 Å². The van der Waals surface area contributed by atoms with Crippen molar-refractivity contribution in [1.29, 1.82) is 0 Å². The number of carboxylic acid groups (broad SMARTS) is 1. The molecule has 0 spiro atoms. The third kappa shape index (κ3) is 6.02. The summed E-state index contributed by atoms with van der Waals surface area (Å²) in [4.78, 5) is 29.3. The van der Waals surface area contributed by atoms with Crippen LogP contribution in [-0.2, 0) is 16.6 Å². The SMILES string of the molecule is CC(C)(C)c1ccc(-c2cccc(CC(=O)c3ccc(Oc4cc5c(cc4Cl)C(C(=O)O)CCO5)cc3)n2)cc1. The van der Waals surface area contributed by atoms with Crippen molar-refractivity contribution in [3.63, 3.8) is 0 Å². The fourth-order valence-electron chi connectivity index (χ4n) is 4.71. The first-order valence-electron chi connectivity index (χ1n) is 13.2. The van der Waals surface area contributed by atoms with Gasteiger partial charge in [0.1, 0.15) is 17.2 Å². The van der Waals surface area contributed by atoms with Crippen molar-refractivity contribution in [2.75, 3.05) is 6.61 Å². The average molecular weight is 556 g/mol. The van der Waals surface area contributed by atoms with Crippen LogP contribution in [0, 0.1) is 0 Å². The van der Waals surface area contributed by atoms with Crippen molar-refractivity contribution in [1.82, 2.24) is 4.98 Å². The lowest BCUT2D eigenvalue weighted by Gasteiger charge is -2.24. The zero-order chi connectivity index (χ0) is 28.4. The number of hydrogen-bond acceptors (Lipinski definition) is 5. The zero-order valence-corrected chi connectivity index (χ0v) is 23.4. The van der Waals surface area contributed by atoms with Gasteiger partial charge in [0, 0.05) is 28.5 Å². The van der Waals surface area contributed by atoms with E-state index >= 15 is 0 Å². The quantitative estimate of drug-likeness (QED) is 0.233. The van der Waals surface area contributed by atoms with Gasteiger partial charge in [-0.2, -0.15) is 0 Å². The molecule has 1 atom stereocenters. The van der Waals surface area contributed by atoms with Crippen molar-refractivity contribution in [2.45, 2.75) is 44.9 Å². The number of ketones is 1. The molecule has 1 N–H and O–H groups in total. The van der Waals surface area contributed by atoms with Crippen molar-refractivity contribution >= 4 is 23.4 Å². The van der Waals surface area contributed by atoms with Gasteiger partial charge in [0.25, 0.3) is 0 Å². The summed E-state index contributed by atoms with van der Waals surface area (Å²) in [5.74, 6) is -0.343. The number of aliphatic carboxylic acids is 1. The molecule has 6 nitrogen and oxygen atoms in total. The summed E-state index contributed by atoms with van der Waals surface area (Å²) in [6.07, 6.45) is 0.561. The van der Waals surface area contributed by atoms with Gasteiger partial charge in [-0.15, -0.1) is 0 Å². The van der Waals surface area contributed by atoms with E-state index in [9.17, 15) is 14.7 Å². The molecule has 1 aliphatic rings. The van der Waals surface area contributed by atoms with E-state index in [0.29, 0.717) is 47.1 Å². The minimum absolute atomic E-state index is 0.0563. The van der Waals surface area contributed by atoms with E-state index in [4.69, 9.17) is 26.1 Å². The number of carboxylic acids is 1. The van der Waals surface area contributed by atoms with Crippen molar-refractivity contribution in [3.8, 4) is 28.5 Å². The molecule has 5 rings (SSSR count). The van der Waals surface area contributed by atoms with E-state index in [1.54, 1.807) is 36.4 Å². The summed E-state index contributed by atoms with van der Waals surface area (Å²) in [6, 6.07) is 24.1. The molecule has 204 valence electrons. The molecule has 0 bridgehead atoms. The minimum atomic E-state index is -0.911. The van der Waals surface area contributed by atoms with Gasteiger partial charge in [0.15, 0.2) is 5.78 Å². The van der Waals surface area contributed by atoms with E-state index in [-0.39, 0.29) is 22.6 Å². The second-order valence-corrected chi connectivity index (χ2v) is 11.3. The molecule has 1 unspecified atom stereocenters. The Morgan fingerprint density at radius 1 is 1.02 bits per heavy atom. The number of fused-ring (bicyclic) bond motifs is 1. The highest BCUT2D eigenvalue weighted by molar-refractivity contribution is 6.32. The molecular weight excluding hydrogens is 526 g/mol. The number of halogens is 1. The molecular formula is C33H30ClNO5. The van der Waals surface area contributed by atoms with E-state index < -0.39 is 11.9 Å². The van der Waals surface area contributed by atoms with Crippen molar-refractivity contribution < 1.29 is 24.2 Å². The highest BCUT2D eigenvalue weighted by Crippen LogP contribution is 2.42. The second kappa shape index (κ2) is 11.1. The van der Waals surface area contributed by atoms with E-state index in [0.717, 1.165) is 11.3 Å². The lowest BCUT2D eigenvalue weighted by molar-refractivity contribution is -0.139. The lowest BCUT2D eigenvalue weighted by atomic mass is 9.86. The highest BCUT2D eigenvalue weighted by Gasteiger charge is 2.29. The van der Waals surface area contributed by atoms with Crippen molar-refractivity contribution in [3.05, 3.63) is 106 Å². The van der Waals surface area contributed by atoms with Gasteiger partial charge in [0.2, 0.25) is 0 Å². The number of pyridine rings is 1. The van der Waals surface area contributed by atoms with Gasteiger partial charge in [0.05, 0.1) is 29.7 Å². The predicted molar refractivity (Wildman–Crippen MR) is 155 cm³/mol. The number of ether oxygens (including phenoxy) is 2. The average Bonchev–Trinajstić information content (AvgIpc) is 2.93. The second-order valence-electron chi connectivity index (χ2n) is 10.9. The van der Waals surface area contributed by atoms with Crippen LogP contribution in [0.3, 0.4) is 0 Å². The van der Waals surface area contributed by atoms with Crippen LogP contribution in [0.25, 0.3) is 11.3 Å². The maximum atomic E-state index is 13.0. The number of benzene rings is 3. The van der Waals surface area contributed by atoms with Crippen LogP contribution in [-0.4, -0.2) is 28.4 Å². The van der Waals surface area contributed by atoms with Gasteiger partial charge >= 0.3 is 5.97 Å². The molecule has 2 heterocycles. The van der Waals surface area contributed by atoms with Crippen LogP contribution >= 0.6 is 11.6 Å². The normalized spacial score (nSPS) is 14.7. The van der Waals surface area contributed by atoms with E-state index in [1.165, 1.54) is 5.56 Å². The first kappa shape index (κ1) is 27.4. The summed E-state index contributed by atoms with van der Waals surface area (Å²) in [7, 11) is 0. The third-order valence-electron chi connectivity index (χ3n) is 7.00. The fraction of sp³-hybridized carbons (Fsp3) is 0.242. The molecule has 1 aliphatic heterocycles. The number of hydrogen-bond donors (Lipinski definition) is 1. The Morgan fingerprint density at radius 2 is 1.75 bits per heavy atom. The summed E-state index contributed by atoms with van der Waals surface area (Å²) in [6.45, 7) is 6.85. The Kier molecular flexibility index (Phi) is 7.63. The topological polar surface area (TPSA) is 85.7 Å². The lowest BCUT2D eigenvalue weighted by Crippen LogP contribution is -2.20. The fourth-order valence-corrected chi connectivity index (χ4v) is 4.92. The molecule has 0 saturated carbocycles. The zero-order valence-electron chi connectivity index (χ0n) is 22.6. The predicted octanol–water partition coefficient (Wildman–Crippen LogP) is 7.87. The number of Topliss-reactive ketones (excluding diaryl/α,β-unsaturated/α-hetero) is 1. The largest absolute Gasteiger partial charge is 0.493 e. The van der Waals surface area contributed by atoms with Crippen LogP contribution in [0.15, 0.2) is 78.9 Å². The van der Waals surface area contributed by atoms with E-state index in [1.807, 2.05) is 18.2 Å². The molecule has 0 fully saturated rings. The molecule has 0 saturated heterocycles. The van der Waals surface area contributed by atoms with Crippen LogP contribution in [0.1, 0.15) is 60.3 Å². The molecule has 4 aromatic rings. The van der Waals surface area contributed by atoms with E-state index in [2.05, 4.69) is 45.0 Å². The Morgan fingerprint density at radius 3 is 2.42 bits per heavy atom. The monoisotopic (exact) mass is 555 g/mol. The maximum absolute atomic E-state index is 13.0. The summed E-state index contributed by atoms with van der Waals surface area (Å²) < 4.78 is 11.6. The van der Waals surface area contributed by atoms with Crippen LogP contribution in [0.5, 0.6) is 17.2 Å². The summed E-state index contributed by atoms with van der Waals surface area (Å²) >= 11 is 6.40. The van der Waals surface area contributed by atoms with Crippen molar-refractivity contribution in [2.24, 2.45) is 0 Å². The minimum Gasteiger partial charge on any atom is -0.493 e. The van der Waals surface area contributed by atoms with Gasteiger partial charge in [-0.05, 0) is 59.9 Å². The molecule has 40 heavy (non-hydrogen) atoms. The van der Waals surface area contributed by atoms with Gasteiger partial charge in [-0.25, -0.2) is 0 Å².